The molecule has 1 rings (SSSR count). The maximum atomic E-state index is 4.79. The van der Waals surface area contributed by atoms with Crippen LogP contribution in [0.25, 0.3) is 0 Å². The largest absolute Gasteiger partial charge is 0.354 e. The highest BCUT2D eigenvalue weighted by atomic mass is 16.6. The normalized spacial score (nSPS) is 10.1. The van der Waals surface area contributed by atoms with Gasteiger partial charge in [-0.25, -0.2) is 5.48 Å². The van der Waals surface area contributed by atoms with Crippen LogP contribution < -0.4 is 16.1 Å². The molecule has 1 aromatic heterocycles. The first-order chi connectivity index (χ1) is 8.30. The molecular weight excluding hydrogens is 220 g/mol. The maximum Gasteiger partial charge on any atom is 0.253 e. The number of rotatable bonds is 8. The first-order valence-corrected chi connectivity index (χ1v) is 5.83. The zero-order valence-electron chi connectivity index (χ0n) is 10.6. The smallest absolute Gasteiger partial charge is 0.253 e. The van der Waals surface area contributed by atoms with E-state index in [2.05, 4.69) is 44.9 Å². The summed E-state index contributed by atoms with van der Waals surface area (Å²) in [6.07, 6.45) is 2.02. The van der Waals surface area contributed by atoms with Crippen molar-refractivity contribution in [1.29, 1.82) is 0 Å². The van der Waals surface area contributed by atoms with Gasteiger partial charge in [-0.1, -0.05) is 13.8 Å². The van der Waals surface area contributed by atoms with E-state index in [-0.39, 0.29) is 0 Å². The molecule has 0 unspecified atom stereocenters. The molecule has 7 heteroatoms. The van der Waals surface area contributed by atoms with Crippen molar-refractivity contribution in [3.8, 4) is 0 Å². The van der Waals surface area contributed by atoms with E-state index >= 15 is 0 Å². The minimum absolute atomic E-state index is 0.389. The lowest BCUT2D eigenvalue weighted by Crippen LogP contribution is -2.12. The number of nitrogens with one attached hydrogen (secondary N) is 3. The molecule has 0 atom stereocenters. The predicted octanol–water partition coefficient (Wildman–Crippen LogP) is 1.49. The van der Waals surface area contributed by atoms with Crippen LogP contribution in [-0.4, -0.2) is 35.2 Å². The topological polar surface area (TPSA) is 84.0 Å². The summed E-state index contributed by atoms with van der Waals surface area (Å²) in [5.74, 6) is 1.47. The number of hydrogen-bond donors (Lipinski definition) is 3. The lowest BCUT2D eigenvalue weighted by molar-refractivity contribution is 0.267. The van der Waals surface area contributed by atoms with Crippen LogP contribution in [-0.2, 0) is 4.84 Å². The fourth-order valence-corrected chi connectivity index (χ4v) is 1.14. The minimum atomic E-state index is 0.389. The molecule has 0 saturated heterocycles. The van der Waals surface area contributed by atoms with Gasteiger partial charge in [-0.05, 0) is 12.8 Å². The van der Waals surface area contributed by atoms with Crippen LogP contribution in [0.15, 0.2) is 0 Å². The van der Waals surface area contributed by atoms with Gasteiger partial charge in [0.15, 0.2) is 0 Å². The summed E-state index contributed by atoms with van der Waals surface area (Å²) in [5, 5.41) is 6.22. The quantitative estimate of drug-likeness (QED) is 0.594. The minimum Gasteiger partial charge on any atom is -0.354 e. The second kappa shape index (κ2) is 7.61. The number of nitrogens with zero attached hydrogens (tertiary/aromatic N) is 3. The molecule has 3 N–H and O–H groups in total. The fraction of sp³-hybridized carbons (Fsp3) is 0.700. The Hall–Kier alpha value is -1.63. The number of aromatic nitrogens is 3. The Labute approximate surface area is 101 Å². The summed E-state index contributed by atoms with van der Waals surface area (Å²) < 4.78 is 0. The molecular formula is C10H20N6O. The van der Waals surface area contributed by atoms with Gasteiger partial charge in [-0.15, -0.1) is 0 Å². The van der Waals surface area contributed by atoms with Crippen LogP contribution in [0.5, 0.6) is 0 Å². The van der Waals surface area contributed by atoms with Gasteiger partial charge in [0.1, 0.15) is 0 Å². The van der Waals surface area contributed by atoms with Crippen LogP contribution in [0, 0.1) is 0 Å². The van der Waals surface area contributed by atoms with Crippen LogP contribution >= 0.6 is 0 Å². The predicted molar refractivity (Wildman–Crippen MR) is 68.0 cm³/mol. The Morgan fingerprint density at radius 1 is 0.882 bits per heavy atom. The van der Waals surface area contributed by atoms with Crippen molar-refractivity contribution in [3.05, 3.63) is 0 Å². The second-order valence-electron chi connectivity index (χ2n) is 3.47. The summed E-state index contributed by atoms with van der Waals surface area (Å²) in [4.78, 5) is 17.4. The fourth-order valence-electron chi connectivity index (χ4n) is 1.14. The highest BCUT2D eigenvalue weighted by Gasteiger charge is 2.05. The zero-order chi connectivity index (χ0) is 12.5. The summed E-state index contributed by atoms with van der Waals surface area (Å²) >= 11 is 0. The molecule has 0 spiro atoms. The lowest BCUT2D eigenvalue weighted by Gasteiger charge is -2.09. The van der Waals surface area contributed by atoms with Crippen LogP contribution in [0.4, 0.5) is 17.8 Å². The van der Waals surface area contributed by atoms with Crippen molar-refractivity contribution < 1.29 is 4.84 Å². The van der Waals surface area contributed by atoms with Crippen molar-refractivity contribution in [2.45, 2.75) is 26.7 Å². The molecule has 7 nitrogen and oxygen atoms in total. The van der Waals surface area contributed by atoms with Gasteiger partial charge in [-0.3, -0.25) is 4.84 Å². The number of hydrogen-bond acceptors (Lipinski definition) is 7. The van der Waals surface area contributed by atoms with Crippen molar-refractivity contribution in [1.82, 2.24) is 15.0 Å². The van der Waals surface area contributed by atoms with E-state index in [1.54, 1.807) is 0 Å². The molecule has 0 amide bonds. The van der Waals surface area contributed by atoms with Crippen LogP contribution in [0.3, 0.4) is 0 Å². The van der Waals surface area contributed by atoms with Gasteiger partial charge in [-0.2, -0.15) is 15.0 Å². The van der Waals surface area contributed by atoms with E-state index in [0.29, 0.717) is 17.8 Å². The Morgan fingerprint density at radius 2 is 1.35 bits per heavy atom. The molecule has 17 heavy (non-hydrogen) atoms. The second-order valence-corrected chi connectivity index (χ2v) is 3.47. The maximum absolute atomic E-state index is 4.79. The average Bonchev–Trinajstić information content (AvgIpc) is 2.34. The third-order valence-electron chi connectivity index (χ3n) is 1.89. The van der Waals surface area contributed by atoms with Crippen molar-refractivity contribution in [2.24, 2.45) is 0 Å². The average molecular weight is 240 g/mol. The Morgan fingerprint density at radius 3 is 1.76 bits per heavy atom. The number of anilines is 3. The highest BCUT2D eigenvalue weighted by molar-refractivity contribution is 5.41. The Bertz CT molecular complexity index is 306. The van der Waals surface area contributed by atoms with Crippen molar-refractivity contribution >= 4 is 17.8 Å². The van der Waals surface area contributed by atoms with Gasteiger partial charge < -0.3 is 10.6 Å². The Kier molecular flexibility index (Phi) is 6.02. The third kappa shape index (κ3) is 4.81. The van der Waals surface area contributed by atoms with Crippen LogP contribution in [0.2, 0.25) is 0 Å². The summed E-state index contributed by atoms with van der Waals surface area (Å²) in [6, 6.07) is 0. The molecule has 0 radical (unpaired) electrons. The highest BCUT2D eigenvalue weighted by Crippen LogP contribution is 2.09. The monoisotopic (exact) mass is 240 g/mol. The summed E-state index contributed by atoms with van der Waals surface area (Å²) in [7, 11) is 1.52. The van der Waals surface area contributed by atoms with Crippen molar-refractivity contribution in [3.63, 3.8) is 0 Å². The van der Waals surface area contributed by atoms with Gasteiger partial charge in [0.05, 0.1) is 7.11 Å². The molecule has 0 aliphatic carbocycles. The molecule has 96 valence electrons. The Balaban J connectivity index is 2.76. The molecule has 0 fully saturated rings. The van der Waals surface area contributed by atoms with Gasteiger partial charge >= 0.3 is 0 Å². The zero-order valence-corrected chi connectivity index (χ0v) is 10.6. The summed E-state index contributed by atoms with van der Waals surface area (Å²) in [6.45, 7) is 5.81. The van der Waals surface area contributed by atoms with E-state index in [0.717, 1.165) is 25.9 Å². The third-order valence-corrected chi connectivity index (χ3v) is 1.89. The van der Waals surface area contributed by atoms with E-state index in [9.17, 15) is 0 Å². The molecule has 0 bridgehead atoms. The lowest BCUT2D eigenvalue weighted by atomic mass is 10.5. The molecule has 0 saturated carbocycles. The van der Waals surface area contributed by atoms with Gasteiger partial charge in [0, 0.05) is 13.1 Å². The molecule has 0 aliphatic rings. The van der Waals surface area contributed by atoms with Crippen LogP contribution in [0.1, 0.15) is 26.7 Å². The molecule has 1 heterocycles. The van der Waals surface area contributed by atoms with E-state index in [1.165, 1.54) is 7.11 Å². The van der Waals surface area contributed by atoms with Crippen molar-refractivity contribution in [2.75, 3.05) is 36.3 Å². The first kappa shape index (κ1) is 13.4. The SMILES string of the molecule is CCCNc1nc(NCCC)nc(NOC)n1. The first-order valence-electron chi connectivity index (χ1n) is 5.83. The summed E-state index contributed by atoms with van der Waals surface area (Å²) in [5.41, 5.74) is 2.60. The van der Waals surface area contributed by atoms with E-state index in [1.807, 2.05) is 0 Å². The molecule has 1 aromatic rings. The van der Waals surface area contributed by atoms with Gasteiger partial charge in [0.2, 0.25) is 11.9 Å². The van der Waals surface area contributed by atoms with E-state index in [4.69, 9.17) is 4.84 Å². The molecule has 0 aliphatic heterocycles. The molecule has 0 aromatic carbocycles. The van der Waals surface area contributed by atoms with Gasteiger partial charge in [0.25, 0.3) is 5.95 Å². The standard InChI is InChI=1S/C10H20N6O/c1-4-6-11-8-13-9(12-7-5-2)15-10(14-8)16-17-3/h4-7H2,1-3H3,(H3,11,12,13,14,15,16). The van der Waals surface area contributed by atoms with E-state index < -0.39 is 0 Å².